The quantitative estimate of drug-likeness (QED) is 0.331. The van der Waals surface area contributed by atoms with Gasteiger partial charge in [-0.3, -0.25) is 4.79 Å². The molecule has 1 N–H and O–H groups in total. The maximum atomic E-state index is 12.6. The third-order valence-electron chi connectivity index (χ3n) is 4.89. The number of hydrogen-bond acceptors (Lipinski definition) is 9. The van der Waals surface area contributed by atoms with E-state index in [9.17, 15) is 14.4 Å². The van der Waals surface area contributed by atoms with Gasteiger partial charge in [-0.1, -0.05) is 29.5 Å². The number of methoxy groups -OCH3 is 2. The van der Waals surface area contributed by atoms with Crippen molar-refractivity contribution in [3.8, 4) is 5.75 Å². The Labute approximate surface area is 207 Å². The van der Waals surface area contributed by atoms with Crippen LogP contribution in [0.25, 0.3) is 0 Å². The summed E-state index contributed by atoms with van der Waals surface area (Å²) in [6, 6.07) is 11.9. The highest BCUT2D eigenvalue weighted by Gasteiger charge is 2.17. The number of thioether (sulfide) groups is 1. The molecule has 0 aliphatic heterocycles. The van der Waals surface area contributed by atoms with Crippen molar-refractivity contribution in [2.75, 3.05) is 25.3 Å². The number of hydrogen-bond donors (Lipinski definition) is 1. The number of carbonyl (C=O) groups is 3. The standard InChI is InChI=1S/C24H26N4O6S/c1-5-28-20(13-34-19-8-6-15(2)7-9-19)26-27-24(28)35-14-21(29)25-18-11-16(22(30)32-3)10-17(12-18)23(31)33-4/h6-12H,5,13-14H2,1-4H3,(H,25,29). The van der Waals surface area contributed by atoms with E-state index in [1.165, 1.54) is 44.2 Å². The number of esters is 2. The minimum atomic E-state index is -0.642. The molecule has 10 nitrogen and oxygen atoms in total. The van der Waals surface area contributed by atoms with Crippen LogP contribution in [0.15, 0.2) is 47.6 Å². The number of ether oxygens (including phenoxy) is 3. The molecule has 0 atom stereocenters. The number of rotatable bonds is 10. The van der Waals surface area contributed by atoms with Crippen LogP contribution < -0.4 is 10.1 Å². The molecule has 184 valence electrons. The van der Waals surface area contributed by atoms with E-state index in [-0.39, 0.29) is 35.1 Å². The lowest BCUT2D eigenvalue weighted by Crippen LogP contribution is -2.16. The van der Waals surface area contributed by atoms with Gasteiger partial charge in [0.05, 0.1) is 31.1 Å². The lowest BCUT2D eigenvalue weighted by atomic mass is 10.1. The molecule has 0 spiro atoms. The zero-order valence-electron chi connectivity index (χ0n) is 19.9. The van der Waals surface area contributed by atoms with Crippen LogP contribution in [0.1, 0.15) is 39.0 Å². The summed E-state index contributed by atoms with van der Waals surface area (Å²) in [5.41, 5.74) is 1.64. The van der Waals surface area contributed by atoms with Gasteiger partial charge < -0.3 is 24.1 Å². The number of anilines is 1. The molecule has 0 saturated heterocycles. The summed E-state index contributed by atoms with van der Waals surface area (Å²) in [5.74, 6) is -0.225. The Morgan fingerprint density at radius 2 is 1.60 bits per heavy atom. The molecule has 0 fully saturated rings. The second-order valence-electron chi connectivity index (χ2n) is 7.36. The zero-order valence-corrected chi connectivity index (χ0v) is 20.7. The summed E-state index contributed by atoms with van der Waals surface area (Å²) in [5, 5.41) is 11.6. The predicted molar refractivity (Wildman–Crippen MR) is 130 cm³/mol. The Kier molecular flexibility index (Phi) is 8.85. The first-order valence-corrected chi connectivity index (χ1v) is 11.7. The number of aromatic nitrogens is 3. The molecule has 2 aromatic carbocycles. The number of carbonyl (C=O) groups excluding carboxylic acids is 3. The molecule has 0 aliphatic rings. The van der Waals surface area contributed by atoms with E-state index in [4.69, 9.17) is 14.2 Å². The molecule has 35 heavy (non-hydrogen) atoms. The molecule has 0 aliphatic carbocycles. The Bertz CT molecular complexity index is 1170. The fourth-order valence-corrected chi connectivity index (χ4v) is 3.95. The van der Waals surface area contributed by atoms with Crippen molar-refractivity contribution in [3.63, 3.8) is 0 Å². The molecular weight excluding hydrogens is 472 g/mol. The maximum Gasteiger partial charge on any atom is 0.337 e. The topological polar surface area (TPSA) is 122 Å². The van der Waals surface area contributed by atoms with Crippen LogP contribution in [0.2, 0.25) is 0 Å². The van der Waals surface area contributed by atoms with Gasteiger partial charge in [0.2, 0.25) is 5.91 Å². The molecule has 0 saturated carbocycles. The van der Waals surface area contributed by atoms with Gasteiger partial charge in [0.25, 0.3) is 0 Å². The van der Waals surface area contributed by atoms with Gasteiger partial charge in [-0.15, -0.1) is 10.2 Å². The molecule has 11 heteroatoms. The highest BCUT2D eigenvalue weighted by Crippen LogP contribution is 2.21. The first-order chi connectivity index (χ1) is 16.8. The van der Waals surface area contributed by atoms with Gasteiger partial charge >= 0.3 is 11.9 Å². The van der Waals surface area contributed by atoms with E-state index in [0.29, 0.717) is 17.5 Å². The molecular formula is C24H26N4O6S. The van der Waals surface area contributed by atoms with Gasteiger partial charge in [0, 0.05) is 12.2 Å². The summed E-state index contributed by atoms with van der Waals surface area (Å²) in [6.45, 7) is 4.81. The average Bonchev–Trinajstić information content (AvgIpc) is 3.27. The highest BCUT2D eigenvalue weighted by molar-refractivity contribution is 7.99. The Balaban J connectivity index is 1.65. The van der Waals surface area contributed by atoms with E-state index in [1.54, 1.807) is 0 Å². The minimum Gasteiger partial charge on any atom is -0.486 e. The van der Waals surface area contributed by atoms with E-state index in [1.807, 2.05) is 42.7 Å². The van der Waals surface area contributed by atoms with Gasteiger partial charge in [-0.2, -0.15) is 0 Å². The van der Waals surface area contributed by atoms with Crippen molar-refractivity contribution in [2.24, 2.45) is 0 Å². The molecule has 0 unspecified atom stereocenters. The molecule has 0 bridgehead atoms. The number of aryl methyl sites for hydroxylation is 1. The third kappa shape index (κ3) is 6.82. The highest BCUT2D eigenvalue weighted by atomic mass is 32.2. The van der Waals surface area contributed by atoms with Gasteiger partial charge in [0.15, 0.2) is 11.0 Å². The zero-order chi connectivity index (χ0) is 25.4. The maximum absolute atomic E-state index is 12.6. The van der Waals surface area contributed by atoms with Crippen LogP contribution in [-0.2, 0) is 27.4 Å². The fourth-order valence-electron chi connectivity index (χ4n) is 3.13. The normalized spacial score (nSPS) is 10.5. The first-order valence-electron chi connectivity index (χ1n) is 10.7. The number of amides is 1. The molecule has 1 amide bonds. The molecule has 3 aromatic rings. The molecule has 0 radical (unpaired) electrons. The smallest absolute Gasteiger partial charge is 0.337 e. The Morgan fingerprint density at radius 1 is 0.971 bits per heavy atom. The number of benzene rings is 2. The summed E-state index contributed by atoms with van der Waals surface area (Å²) >= 11 is 1.21. The fraction of sp³-hybridized carbons (Fsp3) is 0.292. The van der Waals surface area contributed by atoms with E-state index >= 15 is 0 Å². The monoisotopic (exact) mass is 498 g/mol. The van der Waals surface area contributed by atoms with Crippen LogP contribution in [-0.4, -0.2) is 52.6 Å². The van der Waals surface area contributed by atoms with Gasteiger partial charge in [-0.25, -0.2) is 9.59 Å². The van der Waals surface area contributed by atoms with E-state index < -0.39 is 11.9 Å². The molecule has 3 rings (SSSR count). The SMILES string of the molecule is CCn1c(COc2ccc(C)cc2)nnc1SCC(=O)Nc1cc(C(=O)OC)cc(C(=O)OC)c1. The van der Waals surface area contributed by atoms with Crippen molar-refractivity contribution in [1.29, 1.82) is 0 Å². The average molecular weight is 499 g/mol. The summed E-state index contributed by atoms with van der Waals surface area (Å²) in [6.07, 6.45) is 0. The van der Waals surface area contributed by atoms with Crippen molar-refractivity contribution >= 4 is 35.3 Å². The van der Waals surface area contributed by atoms with E-state index in [0.717, 1.165) is 11.3 Å². The van der Waals surface area contributed by atoms with Gasteiger partial charge in [-0.05, 0) is 44.2 Å². The van der Waals surface area contributed by atoms with Crippen LogP contribution in [0.5, 0.6) is 5.75 Å². The van der Waals surface area contributed by atoms with Crippen LogP contribution in [0.3, 0.4) is 0 Å². The van der Waals surface area contributed by atoms with Crippen LogP contribution in [0, 0.1) is 6.92 Å². The largest absolute Gasteiger partial charge is 0.486 e. The second-order valence-corrected chi connectivity index (χ2v) is 8.31. The lowest BCUT2D eigenvalue weighted by molar-refractivity contribution is -0.113. The third-order valence-corrected chi connectivity index (χ3v) is 5.86. The van der Waals surface area contributed by atoms with Crippen LogP contribution in [0.4, 0.5) is 5.69 Å². The van der Waals surface area contributed by atoms with Crippen molar-refractivity contribution in [1.82, 2.24) is 14.8 Å². The second kappa shape index (κ2) is 12.0. The Hall–Kier alpha value is -3.86. The van der Waals surface area contributed by atoms with Gasteiger partial charge in [0.1, 0.15) is 12.4 Å². The Morgan fingerprint density at radius 3 is 2.17 bits per heavy atom. The predicted octanol–water partition coefficient (Wildman–Crippen LogP) is 3.49. The van der Waals surface area contributed by atoms with E-state index in [2.05, 4.69) is 15.5 Å². The summed E-state index contributed by atoms with van der Waals surface area (Å²) < 4.78 is 17.1. The summed E-state index contributed by atoms with van der Waals surface area (Å²) in [4.78, 5) is 36.5. The van der Waals surface area contributed by atoms with Crippen molar-refractivity contribution < 1.29 is 28.6 Å². The number of nitrogens with one attached hydrogen (secondary N) is 1. The molecule has 1 aromatic heterocycles. The minimum absolute atomic E-state index is 0.0347. The van der Waals surface area contributed by atoms with Crippen molar-refractivity contribution in [2.45, 2.75) is 32.2 Å². The number of nitrogens with zero attached hydrogens (tertiary/aromatic N) is 3. The summed E-state index contributed by atoms with van der Waals surface area (Å²) in [7, 11) is 2.46. The van der Waals surface area contributed by atoms with Crippen molar-refractivity contribution in [3.05, 3.63) is 65.0 Å². The molecule has 1 heterocycles. The van der Waals surface area contributed by atoms with Crippen LogP contribution >= 0.6 is 11.8 Å². The lowest BCUT2D eigenvalue weighted by Gasteiger charge is -2.10. The first kappa shape index (κ1) is 25.8.